The zero-order valence-corrected chi connectivity index (χ0v) is 33.6. The summed E-state index contributed by atoms with van der Waals surface area (Å²) in [4.78, 5) is 12.9. The lowest BCUT2D eigenvalue weighted by Gasteiger charge is -2.40. The van der Waals surface area contributed by atoms with Gasteiger partial charge < -0.3 is 45.4 Å². The highest BCUT2D eigenvalue weighted by Gasteiger charge is 2.44. The fourth-order valence-electron chi connectivity index (χ4n) is 6.57. The molecule has 0 aromatic rings. The molecule has 8 atom stereocenters. The second-order valence-electron chi connectivity index (χ2n) is 15.1. The van der Waals surface area contributed by atoms with Crippen LogP contribution in [0.5, 0.6) is 0 Å². The number of aliphatic hydroxyl groups excluding tert-OH is 6. The number of hydrogen-bond acceptors (Lipinski definition) is 9. The van der Waals surface area contributed by atoms with E-state index in [1.54, 1.807) is 12.2 Å². The van der Waals surface area contributed by atoms with E-state index in [1.807, 2.05) is 6.08 Å². The molecule has 0 unspecified atom stereocenters. The van der Waals surface area contributed by atoms with Gasteiger partial charge in [-0.2, -0.15) is 0 Å². The Bertz CT molecular complexity index is 971. The first kappa shape index (κ1) is 49.4. The molecule has 1 heterocycles. The van der Waals surface area contributed by atoms with Gasteiger partial charge in [0.1, 0.15) is 24.4 Å². The Labute approximate surface area is 322 Å². The van der Waals surface area contributed by atoms with Crippen molar-refractivity contribution in [1.82, 2.24) is 5.32 Å². The van der Waals surface area contributed by atoms with Gasteiger partial charge in [-0.05, 0) is 45.4 Å². The SMILES string of the molecule is CCCCCCCCCCC/C=C/[C@@H](O)C(=O)N[C@@H](CO[C@@H]1O[C@H](CO)[C@@H](O)[C@H](O)[C@H]1O)[C@H](O)/C=C/CC/C=C(\C)CCCCCCCCCCCC. The van der Waals surface area contributed by atoms with Gasteiger partial charge in [0.05, 0.1) is 25.4 Å². The molecular weight excluding hydrogens is 674 g/mol. The topological polar surface area (TPSA) is 169 Å². The van der Waals surface area contributed by atoms with Crippen LogP contribution in [-0.2, 0) is 14.3 Å². The maximum absolute atomic E-state index is 12.9. The summed E-state index contributed by atoms with van der Waals surface area (Å²) in [6.07, 6.45) is 26.3. The summed E-state index contributed by atoms with van der Waals surface area (Å²) in [6.45, 7) is 5.68. The first-order chi connectivity index (χ1) is 25.7. The highest BCUT2D eigenvalue weighted by Crippen LogP contribution is 2.22. The average molecular weight is 754 g/mol. The van der Waals surface area contributed by atoms with E-state index in [0.29, 0.717) is 6.42 Å². The molecule has 0 aliphatic carbocycles. The van der Waals surface area contributed by atoms with Crippen LogP contribution in [0.2, 0.25) is 0 Å². The van der Waals surface area contributed by atoms with Gasteiger partial charge >= 0.3 is 0 Å². The normalized spacial score (nSPS) is 22.8. The number of ether oxygens (including phenoxy) is 2. The minimum Gasteiger partial charge on any atom is -0.394 e. The lowest BCUT2D eigenvalue weighted by Crippen LogP contribution is -2.60. The van der Waals surface area contributed by atoms with Crippen LogP contribution in [0.15, 0.2) is 36.0 Å². The van der Waals surface area contributed by atoms with Crippen molar-refractivity contribution in [3.05, 3.63) is 36.0 Å². The van der Waals surface area contributed by atoms with E-state index in [-0.39, 0.29) is 6.61 Å². The monoisotopic (exact) mass is 754 g/mol. The van der Waals surface area contributed by atoms with E-state index in [2.05, 4.69) is 32.2 Å². The van der Waals surface area contributed by atoms with E-state index < -0.39 is 61.5 Å². The van der Waals surface area contributed by atoms with Crippen molar-refractivity contribution in [1.29, 1.82) is 0 Å². The largest absolute Gasteiger partial charge is 0.394 e. The van der Waals surface area contributed by atoms with Crippen LogP contribution in [0.25, 0.3) is 0 Å². The van der Waals surface area contributed by atoms with Gasteiger partial charge in [0, 0.05) is 0 Å². The summed E-state index contributed by atoms with van der Waals surface area (Å²) in [5.74, 6) is -0.714. The van der Waals surface area contributed by atoms with E-state index >= 15 is 0 Å². The van der Waals surface area contributed by atoms with Crippen molar-refractivity contribution in [3.63, 3.8) is 0 Å². The quantitative estimate of drug-likeness (QED) is 0.0274. The third-order valence-electron chi connectivity index (χ3n) is 10.2. The molecule has 7 N–H and O–H groups in total. The molecule has 10 heteroatoms. The first-order valence-corrected chi connectivity index (χ1v) is 21.2. The van der Waals surface area contributed by atoms with Crippen molar-refractivity contribution in [3.8, 4) is 0 Å². The Morgan fingerprint density at radius 2 is 1.23 bits per heavy atom. The molecule has 0 radical (unpaired) electrons. The Balaban J connectivity index is 2.60. The third kappa shape index (κ3) is 23.8. The minimum atomic E-state index is -1.62. The van der Waals surface area contributed by atoms with Crippen LogP contribution in [-0.4, -0.2) is 98.7 Å². The highest BCUT2D eigenvalue weighted by atomic mass is 16.7. The maximum atomic E-state index is 12.9. The number of carbonyl (C=O) groups excluding carboxylic acids is 1. The predicted octanol–water partition coefficient (Wildman–Crippen LogP) is 7.08. The molecule has 0 spiro atoms. The van der Waals surface area contributed by atoms with Crippen LogP contribution < -0.4 is 5.32 Å². The number of nitrogens with one attached hydrogen (secondary N) is 1. The van der Waals surface area contributed by atoms with Crippen LogP contribution in [0.4, 0.5) is 0 Å². The number of allylic oxidation sites excluding steroid dienone is 4. The van der Waals surface area contributed by atoms with Crippen molar-refractivity contribution in [2.45, 2.75) is 217 Å². The molecule has 1 aliphatic rings. The molecule has 10 nitrogen and oxygen atoms in total. The zero-order chi connectivity index (χ0) is 39.1. The second-order valence-corrected chi connectivity index (χ2v) is 15.1. The molecule has 1 rings (SSSR count). The van der Waals surface area contributed by atoms with Gasteiger partial charge in [-0.1, -0.05) is 159 Å². The average Bonchev–Trinajstić information content (AvgIpc) is 3.15. The summed E-state index contributed by atoms with van der Waals surface area (Å²) >= 11 is 0. The first-order valence-electron chi connectivity index (χ1n) is 21.2. The molecule has 0 aromatic heterocycles. The van der Waals surface area contributed by atoms with Gasteiger partial charge in [0.15, 0.2) is 12.4 Å². The van der Waals surface area contributed by atoms with E-state index in [1.165, 1.54) is 121 Å². The minimum absolute atomic E-state index is 0.341. The molecule has 310 valence electrons. The lowest BCUT2D eigenvalue weighted by molar-refractivity contribution is -0.302. The Morgan fingerprint density at radius 1 is 0.698 bits per heavy atom. The molecular formula is C43H79NO9. The molecule has 53 heavy (non-hydrogen) atoms. The molecule has 0 bridgehead atoms. The van der Waals surface area contributed by atoms with Crippen LogP contribution >= 0.6 is 0 Å². The molecule has 1 fully saturated rings. The molecule has 1 aliphatic heterocycles. The Kier molecular flexibility index (Phi) is 30.4. The van der Waals surface area contributed by atoms with Gasteiger partial charge in [-0.25, -0.2) is 0 Å². The van der Waals surface area contributed by atoms with E-state index in [4.69, 9.17) is 9.47 Å². The van der Waals surface area contributed by atoms with Crippen molar-refractivity contribution in [2.24, 2.45) is 0 Å². The molecule has 1 amide bonds. The Hall–Kier alpha value is -1.63. The van der Waals surface area contributed by atoms with Crippen LogP contribution in [0, 0.1) is 0 Å². The van der Waals surface area contributed by atoms with Crippen LogP contribution in [0.1, 0.15) is 168 Å². The fraction of sp³-hybridized carbons (Fsp3) is 0.837. The predicted molar refractivity (Wildman–Crippen MR) is 213 cm³/mol. The second kappa shape index (κ2) is 32.6. The fourth-order valence-corrected chi connectivity index (χ4v) is 6.57. The number of amides is 1. The van der Waals surface area contributed by atoms with Gasteiger partial charge in [-0.3, -0.25) is 4.79 Å². The maximum Gasteiger partial charge on any atom is 0.253 e. The van der Waals surface area contributed by atoms with E-state index in [9.17, 15) is 35.4 Å². The lowest BCUT2D eigenvalue weighted by atomic mass is 9.99. The summed E-state index contributed by atoms with van der Waals surface area (Å²) in [6, 6.07) is -1.03. The zero-order valence-electron chi connectivity index (χ0n) is 33.6. The highest BCUT2D eigenvalue weighted by molar-refractivity contribution is 5.82. The van der Waals surface area contributed by atoms with E-state index in [0.717, 1.165) is 32.1 Å². The third-order valence-corrected chi connectivity index (χ3v) is 10.2. The smallest absolute Gasteiger partial charge is 0.253 e. The van der Waals surface area contributed by atoms with Crippen LogP contribution in [0.3, 0.4) is 0 Å². The van der Waals surface area contributed by atoms with Crippen molar-refractivity contribution in [2.75, 3.05) is 13.2 Å². The molecule has 1 saturated heterocycles. The number of aliphatic hydroxyl groups is 6. The van der Waals surface area contributed by atoms with Crippen molar-refractivity contribution < 1.29 is 44.9 Å². The number of carbonyl (C=O) groups is 1. The van der Waals surface area contributed by atoms with Gasteiger partial charge in [0.25, 0.3) is 5.91 Å². The number of unbranched alkanes of at least 4 members (excludes halogenated alkanes) is 19. The molecule has 0 saturated carbocycles. The molecule has 0 aromatic carbocycles. The summed E-state index contributed by atoms with van der Waals surface area (Å²) < 4.78 is 11.1. The van der Waals surface area contributed by atoms with Gasteiger partial charge in [0.2, 0.25) is 0 Å². The van der Waals surface area contributed by atoms with Gasteiger partial charge in [-0.15, -0.1) is 0 Å². The summed E-state index contributed by atoms with van der Waals surface area (Å²) in [7, 11) is 0. The summed E-state index contributed by atoms with van der Waals surface area (Å²) in [5, 5.41) is 64.4. The number of rotatable bonds is 33. The Morgan fingerprint density at radius 3 is 1.79 bits per heavy atom. The standard InChI is InChI=1S/C43H79NO9/c1-4-6-8-10-12-14-16-18-20-22-26-31-37(47)42(51)44-35(33-52-43-41(50)40(49)39(48)38(32-45)53-43)36(46)30-27-23-25-29-34(3)28-24-21-19-17-15-13-11-9-7-5-2/h26-27,29-31,35-41,43,45-50H,4-25,28,32-33H2,1-3H3,(H,44,51)/b30-27+,31-26+,34-29+/t35-,36+,37+,38+,39+,40-,41+,43+/m0/s1. The van der Waals surface area contributed by atoms with Crippen molar-refractivity contribution >= 4 is 5.91 Å². The number of hydrogen-bond donors (Lipinski definition) is 7. The summed E-state index contributed by atoms with van der Waals surface area (Å²) in [5.41, 5.74) is 1.36.